The number of rotatable bonds is 13. The summed E-state index contributed by atoms with van der Waals surface area (Å²) in [5.41, 5.74) is 2.55. The highest BCUT2D eigenvalue weighted by Gasteiger charge is 2.28. The summed E-state index contributed by atoms with van der Waals surface area (Å²) < 4.78 is 5.36. The lowest BCUT2D eigenvalue weighted by atomic mass is 9.91. The summed E-state index contributed by atoms with van der Waals surface area (Å²) in [4.78, 5) is 15.0. The van der Waals surface area contributed by atoms with E-state index in [4.69, 9.17) is 4.74 Å². The van der Waals surface area contributed by atoms with E-state index in [1.54, 1.807) is 0 Å². The Morgan fingerprint density at radius 2 is 1.60 bits per heavy atom. The lowest BCUT2D eigenvalue weighted by Crippen LogP contribution is -2.40. The van der Waals surface area contributed by atoms with Gasteiger partial charge in [-0.15, -0.1) is 0 Å². The highest BCUT2D eigenvalue weighted by atomic mass is 16.5. The Kier molecular flexibility index (Phi) is 10.6. The van der Waals surface area contributed by atoms with Crippen molar-refractivity contribution in [2.75, 3.05) is 6.61 Å². The van der Waals surface area contributed by atoms with E-state index in [0.29, 0.717) is 18.9 Å². The summed E-state index contributed by atoms with van der Waals surface area (Å²) >= 11 is 0. The van der Waals surface area contributed by atoms with Crippen LogP contribution in [0.15, 0.2) is 60.7 Å². The van der Waals surface area contributed by atoms with Crippen molar-refractivity contribution >= 4 is 5.97 Å². The molecule has 164 valence electrons. The average Bonchev–Trinajstić information content (AvgIpc) is 2.76. The Labute approximate surface area is 183 Å². The lowest BCUT2D eigenvalue weighted by Gasteiger charge is -2.38. The molecule has 0 heterocycles. The SMILES string of the molecule is CCCC[C@@H](C)C[C@@H](CC(=O)OCC)N(Cc1ccccc1)[C@@H](C)c1ccccc1. The van der Waals surface area contributed by atoms with Gasteiger partial charge in [-0.1, -0.05) is 93.8 Å². The molecule has 0 aliphatic carbocycles. The van der Waals surface area contributed by atoms with Crippen LogP contribution in [0.25, 0.3) is 0 Å². The number of ether oxygens (including phenoxy) is 1. The van der Waals surface area contributed by atoms with E-state index < -0.39 is 0 Å². The number of carbonyl (C=O) groups excluding carboxylic acids is 1. The Morgan fingerprint density at radius 3 is 2.20 bits per heavy atom. The molecule has 0 amide bonds. The first-order chi connectivity index (χ1) is 14.5. The van der Waals surface area contributed by atoms with Crippen LogP contribution >= 0.6 is 0 Å². The van der Waals surface area contributed by atoms with Crippen molar-refractivity contribution in [3.63, 3.8) is 0 Å². The predicted molar refractivity (Wildman–Crippen MR) is 125 cm³/mol. The van der Waals surface area contributed by atoms with Crippen LogP contribution in [0.3, 0.4) is 0 Å². The molecule has 2 aromatic carbocycles. The molecule has 0 saturated carbocycles. The number of hydrogen-bond donors (Lipinski definition) is 0. The van der Waals surface area contributed by atoms with Crippen LogP contribution in [0.5, 0.6) is 0 Å². The molecular formula is C27H39NO2. The monoisotopic (exact) mass is 409 g/mol. The van der Waals surface area contributed by atoms with Crippen LogP contribution in [0.4, 0.5) is 0 Å². The molecule has 3 atom stereocenters. The van der Waals surface area contributed by atoms with Crippen molar-refractivity contribution in [3.05, 3.63) is 71.8 Å². The van der Waals surface area contributed by atoms with Gasteiger partial charge < -0.3 is 4.74 Å². The third kappa shape index (κ3) is 7.95. The first-order valence-corrected chi connectivity index (χ1v) is 11.5. The summed E-state index contributed by atoms with van der Waals surface area (Å²) in [5.74, 6) is 0.481. The molecule has 0 aromatic heterocycles. The minimum absolute atomic E-state index is 0.0940. The van der Waals surface area contributed by atoms with Gasteiger partial charge in [0.2, 0.25) is 0 Å². The maximum atomic E-state index is 12.5. The molecule has 2 rings (SSSR count). The molecule has 0 radical (unpaired) electrons. The van der Waals surface area contributed by atoms with Crippen molar-refractivity contribution in [2.45, 2.75) is 78.4 Å². The second kappa shape index (κ2) is 13.2. The van der Waals surface area contributed by atoms with Crippen LogP contribution in [0.2, 0.25) is 0 Å². The summed E-state index contributed by atoms with van der Waals surface area (Å²) in [6, 6.07) is 21.5. The van der Waals surface area contributed by atoms with Crippen LogP contribution in [0.1, 0.15) is 77.0 Å². The van der Waals surface area contributed by atoms with E-state index >= 15 is 0 Å². The van der Waals surface area contributed by atoms with Crippen molar-refractivity contribution in [1.82, 2.24) is 4.90 Å². The zero-order valence-electron chi connectivity index (χ0n) is 19.2. The fourth-order valence-electron chi connectivity index (χ4n) is 4.18. The van der Waals surface area contributed by atoms with E-state index in [1.165, 1.54) is 30.4 Å². The highest BCUT2D eigenvalue weighted by Crippen LogP contribution is 2.30. The second-order valence-electron chi connectivity index (χ2n) is 8.39. The van der Waals surface area contributed by atoms with Gasteiger partial charge in [0.1, 0.15) is 0 Å². The average molecular weight is 410 g/mol. The zero-order valence-corrected chi connectivity index (χ0v) is 19.2. The van der Waals surface area contributed by atoms with Crippen LogP contribution in [-0.4, -0.2) is 23.5 Å². The Morgan fingerprint density at radius 1 is 0.967 bits per heavy atom. The van der Waals surface area contributed by atoms with Crippen LogP contribution in [-0.2, 0) is 16.1 Å². The molecular weight excluding hydrogens is 370 g/mol. The van der Waals surface area contributed by atoms with Crippen molar-refractivity contribution in [1.29, 1.82) is 0 Å². The van der Waals surface area contributed by atoms with Gasteiger partial charge in [0.15, 0.2) is 0 Å². The molecule has 0 bridgehead atoms. The maximum Gasteiger partial charge on any atom is 0.307 e. The molecule has 0 spiro atoms. The van der Waals surface area contributed by atoms with E-state index in [-0.39, 0.29) is 18.1 Å². The fraction of sp³-hybridized carbons (Fsp3) is 0.519. The first-order valence-electron chi connectivity index (χ1n) is 11.5. The zero-order chi connectivity index (χ0) is 21.8. The minimum Gasteiger partial charge on any atom is -0.466 e. The molecule has 0 unspecified atom stereocenters. The van der Waals surface area contributed by atoms with Gasteiger partial charge in [0.05, 0.1) is 13.0 Å². The summed E-state index contributed by atoms with van der Waals surface area (Å²) in [6.45, 7) is 9.95. The van der Waals surface area contributed by atoms with Gasteiger partial charge in [0.25, 0.3) is 0 Å². The molecule has 30 heavy (non-hydrogen) atoms. The maximum absolute atomic E-state index is 12.5. The lowest BCUT2D eigenvalue weighted by molar-refractivity contribution is -0.145. The van der Waals surface area contributed by atoms with Gasteiger partial charge in [-0.2, -0.15) is 0 Å². The number of nitrogens with zero attached hydrogens (tertiary/aromatic N) is 1. The van der Waals surface area contributed by atoms with Crippen molar-refractivity contribution < 1.29 is 9.53 Å². The Balaban J connectivity index is 2.31. The normalized spacial score (nSPS) is 14.3. The number of esters is 1. The third-order valence-corrected chi connectivity index (χ3v) is 5.89. The molecule has 0 saturated heterocycles. The van der Waals surface area contributed by atoms with E-state index in [1.807, 2.05) is 6.92 Å². The van der Waals surface area contributed by atoms with Gasteiger partial charge in [-0.25, -0.2) is 0 Å². The molecule has 0 fully saturated rings. The summed E-state index contributed by atoms with van der Waals surface area (Å²) in [5, 5.41) is 0. The van der Waals surface area contributed by atoms with Crippen LogP contribution < -0.4 is 0 Å². The smallest absolute Gasteiger partial charge is 0.307 e. The molecule has 0 aliphatic rings. The van der Waals surface area contributed by atoms with Crippen molar-refractivity contribution in [3.8, 4) is 0 Å². The Bertz CT molecular complexity index is 716. The minimum atomic E-state index is -0.0940. The van der Waals surface area contributed by atoms with E-state index in [2.05, 4.69) is 86.3 Å². The molecule has 2 aromatic rings. The number of unbranched alkanes of at least 4 members (excludes halogenated alkanes) is 1. The molecule has 3 nitrogen and oxygen atoms in total. The quantitative estimate of drug-likeness (QED) is 0.341. The largest absolute Gasteiger partial charge is 0.466 e. The summed E-state index contributed by atoms with van der Waals surface area (Å²) in [6.07, 6.45) is 5.09. The van der Waals surface area contributed by atoms with Crippen molar-refractivity contribution in [2.24, 2.45) is 5.92 Å². The summed E-state index contributed by atoms with van der Waals surface area (Å²) in [7, 11) is 0. The number of carbonyl (C=O) groups is 1. The third-order valence-electron chi connectivity index (χ3n) is 5.89. The van der Waals surface area contributed by atoms with E-state index in [0.717, 1.165) is 13.0 Å². The Hall–Kier alpha value is -2.13. The molecule has 0 N–H and O–H groups in total. The van der Waals surface area contributed by atoms with Gasteiger partial charge in [0, 0.05) is 18.6 Å². The van der Waals surface area contributed by atoms with Gasteiger partial charge in [-0.05, 0) is 37.3 Å². The van der Waals surface area contributed by atoms with Crippen LogP contribution in [0, 0.1) is 5.92 Å². The number of benzene rings is 2. The fourth-order valence-corrected chi connectivity index (χ4v) is 4.18. The van der Waals surface area contributed by atoms with Gasteiger partial charge >= 0.3 is 5.97 Å². The topological polar surface area (TPSA) is 29.5 Å². The number of hydrogen-bond acceptors (Lipinski definition) is 3. The van der Waals surface area contributed by atoms with E-state index in [9.17, 15) is 4.79 Å². The second-order valence-corrected chi connectivity index (χ2v) is 8.39. The highest BCUT2D eigenvalue weighted by molar-refractivity contribution is 5.70. The van der Waals surface area contributed by atoms with Gasteiger partial charge in [-0.3, -0.25) is 9.69 Å². The predicted octanol–water partition coefficient (Wildman–Crippen LogP) is 6.79. The molecule has 3 heteroatoms. The molecule has 0 aliphatic heterocycles. The first kappa shape index (κ1) is 24.1. The standard InChI is InChI=1S/C27H39NO2/c1-5-7-14-22(3)19-26(20-27(29)30-6-2)28(21-24-15-10-8-11-16-24)23(4)25-17-12-9-13-18-25/h8-13,15-18,22-23,26H,5-7,14,19-21H2,1-4H3/t22-,23+,26+/m1/s1.